The highest BCUT2D eigenvalue weighted by Crippen LogP contribution is 2.36. The number of aryl methyl sites for hydroxylation is 1. The van der Waals surface area contributed by atoms with Crippen LogP contribution in [-0.4, -0.2) is 44.6 Å². The standard InChI is InChI=1S/C20H25N5O2S.3C2H6.CH4O/c1-12-6-7-14(27-5)8-15(12)28-19-24-16-17(21)22-11-23-18(16)25(19)10-20(3,4)9-13(2)26;4*1-2/h6-8,11H,9-10H2,1-5H3,(H2,21,22,23);3*1-2H3;2H,1H3. The highest BCUT2D eigenvalue weighted by molar-refractivity contribution is 7.99. The van der Waals surface area contributed by atoms with Gasteiger partial charge in [-0.3, -0.25) is 0 Å². The predicted octanol–water partition coefficient (Wildman–Crippen LogP) is 6.57. The number of nitrogen functional groups attached to an aromatic ring is 1. The van der Waals surface area contributed by atoms with Gasteiger partial charge in [-0.05, 0) is 37.0 Å². The van der Waals surface area contributed by atoms with Gasteiger partial charge in [0.15, 0.2) is 22.1 Å². The molecular weight excluding hydrogens is 474 g/mol. The second-order valence-electron chi connectivity index (χ2n) is 7.69. The van der Waals surface area contributed by atoms with E-state index in [-0.39, 0.29) is 11.2 Å². The summed E-state index contributed by atoms with van der Waals surface area (Å²) in [5.74, 6) is 1.28. The first-order valence-electron chi connectivity index (χ1n) is 12.4. The number of anilines is 1. The van der Waals surface area contributed by atoms with Crippen molar-refractivity contribution in [3.8, 4) is 5.75 Å². The second-order valence-corrected chi connectivity index (χ2v) is 8.70. The van der Waals surface area contributed by atoms with Gasteiger partial charge in [-0.15, -0.1) is 0 Å². The van der Waals surface area contributed by atoms with Crippen LogP contribution in [0.25, 0.3) is 11.2 Å². The lowest BCUT2D eigenvalue weighted by Gasteiger charge is -2.25. The predicted molar refractivity (Wildman–Crippen MR) is 153 cm³/mol. The molecule has 0 radical (unpaired) electrons. The molecule has 0 unspecified atom stereocenters. The number of carbonyl (C=O) groups excluding carboxylic acids is 1. The number of carbonyl (C=O) groups is 1. The van der Waals surface area contributed by atoms with Gasteiger partial charge >= 0.3 is 0 Å². The number of ether oxygens (including phenoxy) is 1. The van der Waals surface area contributed by atoms with Crippen LogP contribution in [0.1, 0.15) is 74.3 Å². The monoisotopic (exact) mass is 521 g/mol. The van der Waals surface area contributed by atoms with E-state index in [0.717, 1.165) is 28.5 Å². The number of imidazole rings is 1. The highest BCUT2D eigenvalue weighted by atomic mass is 32.2. The molecule has 2 heterocycles. The normalized spacial score (nSPS) is 9.81. The quantitative estimate of drug-likeness (QED) is 0.358. The zero-order valence-electron chi connectivity index (χ0n) is 24.3. The van der Waals surface area contributed by atoms with Gasteiger partial charge in [0.25, 0.3) is 0 Å². The Morgan fingerprint density at radius 3 is 2.22 bits per heavy atom. The number of rotatable bonds is 7. The number of fused-ring (bicyclic) bond motifs is 1. The molecule has 204 valence electrons. The summed E-state index contributed by atoms with van der Waals surface area (Å²) in [4.78, 5) is 25.9. The first-order chi connectivity index (χ1) is 17.2. The van der Waals surface area contributed by atoms with Gasteiger partial charge < -0.3 is 24.9 Å². The number of nitrogens with two attached hydrogens (primary N) is 1. The number of aromatic nitrogens is 4. The smallest absolute Gasteiger partial charge is 0.175 e. The van der Waals surface area contributed by atoms with Crippen LogP contribution >= 0.6 is 11.8 Å². The average Bonchev–Trinajstić information content (AvgIpc) is 3.22. The van der Waals surface area contributed by atoms with Gasteiger partial charge in [-0.25, -0.2) is 15.0 Å². The Bertz CT molecular complexity index is 1040. The summed E-state index contributed by atoms with van der Waals surface area (Å²) in [5.41, 5.74) is 8.15. The third kappa shape index (κ3) is 10.5. The number of aliphatic hydroxyl groups excluding tert-OH is 1. The van der Waals surface area contributed by atoms with E-state index in [1.54, 1.807) is 14.0 Å². The minimum Gasteiger partial charge on any atom is -0.497 e. The van der Waals surface area contributed by atoms with Crippen molar-refractivity contribution >= 4 is 34.5 Å². The molecule has 0 saturated carbocycles. The Kier molecular flexibility index (Phi) is 18.3. The maximum absolute atomic E-state index is 11.7. The second kappa shape index (κ2) is 18.6. The van der Waals surface area contributed by atoms with Crippen molar-refractivity contribution in [2.75, 3.05) is 20.0 Å². The number of nitrogens with zero attached hydrogens (tertiary/aromatic N) is 4. The molecule has 0 aliphatic heterocycles. The summed E-state index contributed by atoms with van der Waals surface area (Å²) in [6.45, 7) is 20.4. The largest absolute Gasteiger partial charge is 0.497 e. The van der Waals surface area contributed by atoms with Crippen LogP contribution in [0.5, 0.6) is 5.75 Å². The Morgan fingerprint density at radius 1 is 1.11 bits per heavy atom. The molecule has 0 saturated heterocycles. The number of Topliss-reactive ketones (excluding diaryl/α,β-unsaturated/α-hetero) is 1. The molecule has 0 atom stereocenters. The first kappa shape index (κ1) is 35.5. The van der Waals surface area contributed by atoms with E-state index in [1.807, 2.05) is 71.2 Å². The summed E-state index contributed by atoms with van der Waals surface area (Å²) < 4.78 is 7.39. The molecule has 0 amide bonds. The fraction of sp³-hybridized carbons (Fsp3) is 0.556. The van der Waals surface area contributed by atoms with E-state index < -0.39 is 0 Å². The molecule has 0 aliphatic carbocycles. The molecule has 0 spiro atoms. The van der Waals surface area contributed by atoms with Gasteiger partial charge in [-0.1, -0.05) is 73.2 Å². The number of methoxy groups -OCH3 is 1. The number of benzene rings is 1. The highest BCUT2D eigenvalue weighted by Gasteiger charge is 2.25. The van der Waals surface area contributed by atoms with Crippen molar-refractivity contribution in [1.29, 1.82) is 0 Å². The van der Waals surface area contributed by atoms with Crippen LogP contribution in [0.3, 0.4) is 0 Å². The van der Waals surface area contributed by atoms with Gasteiger partial charge in [0.05, 0.1) is 7.11 Å². The van der Waals surface area contributed by atoms with E-state index in [0.29, 0.717) is 29.9 Å². The summed E-state index contributed by atoms with van der Waals surface area (Å²) >= 11 is 1.53. The fourth-order valence-corrected chi connectivity index (χ4v) is 4.23. The Labute approximate surface area is 222 Å². The minimum atomic E-state index is -0.252. The number of hydrogen-bond donors (Lipinski definition) is 2. The van der Waals surface area contributed by atoms with Gasteiger partial charge in [0.2, 0.25) is 0 Å². The molecule has 36 heavy (non-hydrogen) atoms. The molecule has 3 N–H and O–H groups in total. The Hall–Kier alpha value is -2.65. The molecule has 0 fully saturated rings. The number of hydrogen-bond acceptors (Lipinski definition) is 8. The van der Waals surface area contributed by atoms with Crippen LogP contribution in [0.15, 0.2) is 34.6 Å². The van der Waals surface area contributed by atoms with Crippen molar-refractivity contribution in [2.24, 2.45) is 5.41 Å². The van der Waals surface area contributed by atoms with Crippen LogP contribution in [-0.2, 0) is 11.3 Å². The summed E-state index contributed by atoms with van der Waals surface area (Å²) in [6.07, 6.45) is 1.91. The molecule has 3 rings (SSSR count). The lowest BCUT2D eigenvalue weighted by atomic mass is 9.87. The van der Waals surface area contributed by atoms with Crippen LogP contribution in [0.4, 0.5) is 5.82 Å². The minimum absolute atomic E-state index is 0.154. The third-order valence-electron chi connectivity index (χ3n) is 4.44. The molecule has 2 aromatic heterocycles. The number of aliphatic hydroxyl groups is 1. The fourth-order valence-electron chi connectivity index (χ4n) is 3.23. The van der Waals surface area contributed by atoms with Crippen molar-refractivity contribution in [2.45, 2.75) is 92.3 Å². The molecule has 9 heteroatoms. The van der Waals surface area contributed by atoms with Crippen LogP contribution in [0.2, 0.25) is 0 Å². The van der Waals surface area contributed by atoms with E-state index in [4.69, 9.17) is 20.6 Å². The van der Waals surface area contributed by atoms with E-state index >= 15 is 0 Å². The lowest BCUT2D eigenvalue weighted by Crippen LogP contribution is -2.23. The zero-order chi connectivity index (χ0) is 28.5. The van der Waals surface area contributed by atoms with Gasteiger partial charge in [0, 0.05) is 25.0 Å². The van der Waals surface area contributed by atoms with Gasteiger partial charge in [-0.2, -0.15) is 0 Å². The van der Waals surface area contributed by atoms with E-state index in [1.165, 1.54) is 18.1 Å². The van der Waals surface area contributed by atoms with Crippen molar-refractivity contribution < 1.29 is 14.6 Å². The Balaban J connectivity index is 0. The van der Waals surface area contributed by atoms with Crippen molar-refractivity contribution in [3.05, 3.63) is 30.1 Å². The van der Waals surface area contributed by atoms with Gasteiger partial charge in [0.1, 0.15) is 17.9 Å². The molecule has 8 nitrogen and oxygen atoms in total. The Morgan fingerprint density at radius 2 is 1.69 bits per heavy atom. The zero-order valence-corrected chi connectivity index (χ0v) is 25.1. The van der Waals surface area contributed by atoms with Crippen LogP contribution in [0, 0.1) is 12.3 Å². The summed E-state index contributed by atoms with van der Waals surface area (Å²) in [7, 11) is 2.65. The summed E-state index contributed by atoms with van der Waals surface area (Å²) in [5, 5.41) is 7.76. The number of ketones is 1. The molecule has 0 bridgehead atoms. The molecule has 3 aromatic rings. The summed E-state index contributed by atoms with van der Waals surface area (Å²) in [6, 6.07) is 5.93. The topological polar surface area (TPSA) is 116 Å². The maximum atomic E-state index is 11.7. The van der Waals surface area contributed by atoms with E-state index in [2.05, 4.69) is 23.8 Å². The molecular formula is C27H47N5O3S. The maximum Gasteiger partial charge on any atom is 0.175 e. The van der Waals surface area contributed by atoms with Crippen LogP contribution < -0.4 is 10.5 Å². The molecule has 0 aliphatic rings. The first-order valence-corrected chi connectivity index (χ1v) is 13.3. The van der Waals surface area contributed by atoms with Crippen molar-refractivity contribution in [3.63, 3.8) is 0 Å². The third-order valence-corrected chi connectivity index (χ3v) is 5.59. The average molecular weight is 522 g/mol. The molecule has 1 aromatic carbocycles. The van der Waals surface area contributed by atoms with Crippen molar-refractivity contribution in [1.82, 2.24) is 19.5 Å². The SMILES string of the molecule is CC.CC.CC.CO.COc1ccc(C)c(Sc2nc3c(N)ncnc3n2CC(C)(C)CC(C)=O)c1. The lowest BCUT2D eigenvalue weighted by molar-refractivity contribution is -0.119. The van der Waals surface area contributed by atoms with E-state index in [9.17, 15) is 4.79 Å².